The normalized spacial score (nSPS) is 10.3. The number of hydrogen-bond donors (Lipinski definition) is 1. The highest BCUT2D eigenvalue weighted by molar-refractivity contribution is 7.14. The minimum absolute atomic E-state index is 0.0643. The van der Waals surface area contributed by atoms with Crippen molar-refractivity contribution in [3.63, 3.8) is 0 Å². The molecule has 0 aliphatic heterocycles. The van der Waals surface area contributed by atoms with Gasteiger partial charge in [-0.05, 0) is 18.2 Å². The molecule has 0 fully saturated rings. The second-order valence-corrected chi connectivity index (χ2v) is 4.82. The fraction of sp³-hybridized carbons (Fsp3) is 0.231. The van der Waals surface area contributed by atoms with E-state index in [-0.39, 0.29) is 11.7 Å². The van der Waals surface area contributed by atoms with Crippen molar-refractivity contribution in [2.45, 2.75) is 6.92 Å². The van der Waals surface area contributed by atoms with Gasteiger partial charge in [-0.15, -0.1) is 11.3 Å². The molecule has 0 spiro atoms. The second kappa shape index (κ2) is 5.27. The molecule has 0 atom stereocenters. The van der Waals surface area contributed by atoms with Gasteiger partial charge in [0, 0.05) is 24.9 Å². The summed E-state index contributed by atoms with van der Waals surface area (Å²) in [6, 6.07) is 5.08. The zero-order valence-electron chi connectivity index (χ0n) is 10.9. The number of benzene rings is 1. The summed E-state index contributed by atoms with van der Waals surface area (Å²) in [5.74, 6) is 0.410. The third-order valence-corrected chi connectivity index (χ3v) is 3.64. The Bertz CT molecular complexity index is 610. The molecule has 0 radical (unpaired) electrons. The van der Waals surface area contributed by atoms with Gasteiger partial charge < -0.3 is 9.84 Å². The number of hydrogen-bond acceptors (Lipinski definition) is 5. The maximum absolute atomic E-state index is 11.3. The largest absolute Gasteiger partial charge is 0.504 e. The first-order chi connectivity index (χ1) is 9.02. The van der Waals surface area contributed by atoms with Gasteiger partial charge >= 0.3 is 0 Å². The van der Waals surface area contributed by atoms with Crippen molar-refractivity contribution in [1.82, 2.24) is 4.98 Å². The summed E-state index contributed by atoms with van der Waals surface area (Å²) >= 11 is 1.38. The first kappa shape index (κ1) is 13.4. The van der Waals surface area contributed by atoms with Crippen molar-refractivity contribution in [3.8, 4) is 22.8 Å². The molecule has 0 saturated heterocycles. The van der Waals surface area contributed by atoms with Gasteiger partial charge in [0.05, 0.1) is 12.8 Å². The van der Waals surface area contributed by atoms with Gasteiger partial charge in [-0.2, -0.15) is 0 Å². The van der Waals surface area contributed by atoms with Crippen molar-refractivity contribution < 1.29 is 14.6 Å². The van der Waals surface area contributed by atoms with Gasteiger partial charge in [-0.25, -0.2) is 4.98 Å². The summed E-state index contributed by atoms with van der Waals surface area (Å²) in [4.78, 5) is 17.1. The van der Waals surface area contributed by atoms with Crippen LogP contribution in [0.2, 0.25) is 0 Å². The molecule has 1 heterocycles. The Morgan fingerprint density at radius 3 is 2.79 bits per heavy atom. The molecule has 0 aliphatic rings. The summed E-state index contributed by atoms with van der Waals surface area (Å²) in [6.07, 6.45) is 0. The van der Waals surface area contributed by atoms with Crippen LogP contribution in [0.5, 0.6) is 11.5 Å². The monoisotopic (exact) mass is 278 g/mol. The van der Waals surface area contributed by atoms with E-state index in [0.29, 0.717) is 16.6 Å². The van der Waals surface area contributed by atoms with Gasteiger partial charge in [0.2, 0.25) is 5.91 Å². The van der Waals surface area contributed by atoms with Crippen molar-refractivity contribution >= 4 is 22.4 Å². The second-order valence-electron chi connectivity index (χ2n) is 3.98. The minimum Gasteiger partial charge on any atom is -0.504 e. The number of nitrogens with zero attached hydrogens (tertiary/aromatic N) is 2. The molecule has 0 aliphatic carbocycles. The Kier molecular flexibility index (Phi) is 3.71. The fourth-order valence-electron chi connectivity index (χ4n) is 1.53. The highest BCUT2D eigenvalue weighted by atomic mass is 32.1. The van der Waals surface area contributed by atoms with E-state index >= 15 is 0 Å². The van der Waals surface area contributed by atoms with Crippen LogP contribution in [0, 0.1) is 0 Å². The van der Waals surface area contributed by atoms with Crippen molar-refractivity contribution in [2.75, 3.05) is 19.1 Å². The van der Waals surface area contributed by atoms with Crippen LogP contribution in [0.15, 0.2) is 23.6 Å². The van der Waals surface area contributed by atoms with E-state index in [9.17, 15) is 9.90 Å². The van der Waals surface area contributed by atoms with Crippen LogP contribution < -0.4 is 9.64 Å². The molecular formula is C13H14N2O3S. The Morgan fingerprint density at radius 2 is 2.21 bits per heavy atom. The number of thiazole rings is 1. The number of methoxy groups -OCH3 is 1. The molecule has 1 aromatic carbocycles. The number of phenolic OH excluding ortho intramolecular Hbond substituents is 1. The molecule has 0 saturated carbocycles. The van der Waals surface area contributed by atoms with E-state index < -0.39 is 0 Å². The van der Waals surface area contributed by atoms with E-state index in [1.165, 1.54) is 30.3 Å². The molecule has 100 valence electrons. The van der Waals surface area contributed by atoms with Crippen LogP contribution in [0.3, 0.4) is 0 Å². The SMILES string of the molecule is COc1ccc(-c2csc(N(C)C(C)=O)n2)cc1O. The number of ether oxygens (including phenoxy) is 1. The first-order valence-electron chi connectivity index (χ1n) is 5.60. The molecule has 19 heavy (non-hydrogen) atoms. The van der Waals surface area contributed by atoms with Crippen LogP contribution in [0.1, 0.15) is 6.92 Å². The Morgan fingerprint density at radius 1 is 1.47 bits per heavy atom. The summed E-state index contributed by atoms with van der Waals surface area (Å²) < 4.78 is 4.99. The van der Waals surface area contributed by atoms with Crippen molar-refractivity contribution in [2.24, 2.45) is 0 Å². The molecule has 2 aromatic rings. The lowest BCUT2D eigenvalue weighted by molar-refractivity contribution is -0.116. The minimum atomic E-state index is -0.0709. The molecule has 6 heteroatoms. The van der Waals surface area contributed by atoms with Crippen molar-refractivity contribution in [1.29, 1.82) is 0 Å². The lowest BCUT2D eigenvalue weighted by Gasteiger charge is -2.09. The number of aromatic nitrogens is 1. The number of rotatable bonds is 3. The Hall–Kier alpha value is -2.08. The van der Waals surface area contributed by atoms with Gasteiger partial charge in [0.15, 0.2) is 16.6 Å². The summed E-state index contributed by atoms with van der Waals surface area (Å²) in [7, 11) is 3.17. The Balaban J connectivity index is 2.33. The first-order valence-corrected chi connectivity index (χ1v) is 6.48. The lowest BCUT2D eigenvalue weighted by atomic mass is 10.1. The maximum atomic E-state index is 11.3. The molecule has 5 nitrogen and oxygen atoms in total. The van der Waals surface area contributed by atoms with E-state index in [1.54, 1.807) is 19.2 Å². The zero-order chi connectivity index (χ0) is 14.0. The third kappa shape index (κ3) is 2.68. The highest BCUT2D eigenvalue weighted by Crippen LogP contribution is 2.33. The van der Waals surface area contributed by atoms with E-state index in [4.69, 9.17) is 4.74 Å². The number of anilines is 1. The predicted molar refractivity (Wildman–Crippen MR) is 74.9 cm³/mol. The fourth-order valence-corrected chi connectivity index (χ4v) is 2.38. The van der Waals surface area contributed by atoms with Gasteiger partial charge in [-0.1, -0.05) is 0 Å². The molecule has 1 aromatic heterocycles. The average molecular weight is 278 g/mol. The molecular weight excluding hydrogens is 264 g/mol. The lowest BCUT2D eigenvalue weighted by Crippen LogP contribution is -2.22. The van der Waals surface area contributed by atoms with Crippen LogP contribution in [0.25, 0.3) is 11.3 Å². The van der Waals surface area contributed by atoms with Crippen LogP contribution in [-0.4, -0.2) is 30.2 Å². The summed E-state index contributed by atoms with van der Waals surface area (Å²) in [5, 5.41) is 12.2. The number of carbonyl (C=O) groups excluding carboxylic acids is 1. The topological polar surface area (TPSA) is 62.7 Å². The van der Waals surface area contributed by atoms with Gasteiger partial charge in [-0.3, -0.25) is 9.69 Å². The smallest absolute Gasteiger partial charge is 0.225 e. The van der Waals surface area contributed by atoms with Crippen LogP contribution in [0.4, 0.5) is 5.13 Å². The van der Waals surface area contributed by atoms with Crippen LogP contribution in [-0.2, 0) is 4.79 Å². The van der Waals surface area contributed by atoms with Gasteiger partial charge in [0.25, 0.3) is 0 Å². The molecule has 0 bridgehead atoms. The average Bonchev–Trinajstić information content (AvgIpc) is 2.87. The molecule has 2 rings (SSSR count). The number of amides is 1. The summed E-state index contributed by atoms with van der Waals surface area (Å²) in [6.45, 7) is 1.49. The maximum Gasteiger partial charge on any atom is 0.225 e. The standard InChI is InChI=1S/C13H14N2O3S/c1-8(16)15(2)13-14-10(7-19-13)9-4-5-12(18-3)11(17)6-9/h4-7,17H,1-3H3. The number of phenols is 1. The van der Waals surface area contributed by atoms with E-state index in [1.807, 2.05) is 11.4 Å². The third-order valence-electron chi connectivity index (χ3n) is 2.73. The quantitative estimate of drug-likeness (QED) is 0.937. The molecule has 1 N–H and O–H groups in total. The predicted octanol–water partition coefficient (Wildman–Crippen LogP) is 2.51. The van der Waals surface area contributed by atoms with Crippen LogP contribution >= 0.6 is 11.3 Å². The number of carbonyl (C=O) groups is 1. The summed E-state index contributed by atoms with van der Waals surface area (Å²) in [5.41, 5.74) is 1.49. The molecule has 0 unspecified atom stereocenters. The van der Waals surface area contributed by atoms with Crippen molar-refractivity contribution in [3.05, 3.63) is 23.6 Å². The zero-order valence-corrected chi connectivity index (χ0v) is 11.7. The van der Waals surface area contributed by atoms with E-state index in [2.05, 4.69) is 4.98 Å². The Labute approximate surface area is 115 Å². The number of aromatic hydroxyl groups is 1. The molecule has 1 amide bonds. The van der Waals surface area contributed by atoms with Gasteiger partial charge in [0.1, 0.15) is 0 Å². The van der Waals surface area contributed by atoms with E-state index in [0.717, 1.165) is 5.56 Å². The highest BCUT2D eigenvalue weighted by Gasteiger charge is 2.12.